The molecule has 0 aromatic rings. The highest BCUT2D eigenvalue weighted by Crippen LogP contribution is 2.12. The van der Waals surface area contributed by atoms with Crippen LogP contribution in [0.2, 0.25) is 0 Å². The lowest BCUT2D eigenvalue weighted by Crippen LogP contribution is -2.00. The number of rotatable bonds is 5. The highest BCUT2D eigenvalue weighted by molar-refractivity contribution is 9.09. The van der Waals surface area contributed by atoms with Crippen LogP contribution in [0.15, 0.2) is 0 Å². The van der Waals surface area contributed by atoms with Gasteiger partial charge >= 0.3 is 0 Å². The van der Waals surface area contributed by atoms with Crippen molar-refractivity contribution in [3.05, 3.63) is 0 Å². The van der Waals surface area contributed by atoms with Gasteiger partial charge in [0.2, 0.25) is 0 Å². The molecule has 9 heavy (non-hydrogen) atoms. The number of aliphatic hydroxyl groups is 1. The van der Waals surface area contributed by atoms with Gasteiger partial charge in [-0.1, -0.05) is 31.9 Å². The third kappa shape index (κ3) is 6.81. The molecule has 3 heteroatoms. The van der Waals surface area contributed by atoms with Gasteiger partial charge in [0.25, 0.3) is 0 Å². The maximum Gasteiger partial charge on any atom is 0.0441 e. The topological polar surface area (TPSA) is 20.2 Å². The number of halogens is 2. The number of alkyl halides is 2. The van der Waals surface area contributed by atoms with Gasteiger partial charge in [-0.3, -0.25) is 0 Å². The van der Waals surface area contributed by atoms with Gasteiger partial charge in [-0.15, -0.1) is 0 Å². The summed E-state index contributed by atoms with van der Waals surface area (Å²) < 4.78 is 0. The van der Waals surface area contributed by atoms with E-state index in [4.69, 9.17) is 5.11 Å². The highest BCUT2D eigenvalue weighted by atomic mass is 79.9. The summed E-state index contributed by atoms with van der Waals surface area (Å²) in [6.07, 6.45) is 3.19. The zero-order valence-corrected chi connectivity index (χ0v) is 8.49. The fraction of sp³-hybridized carbons (Fsp3) is 1.00. The molecule has 0 aromatic carbocycles. The minimum absolute atomic E-state index is 0.290. The Bertz CT molecular complexity index is 59.0. The van der Waals surface area contributed by atoms with E-state index >= 15 is 0 Å². The van der Waals surface area contributed by atoms with E-state index in [1.807, 2.05) is 0 Å². The van der Waals surface area contributed by atoms with Gasteiger partial charge < -0.3 is 5.11 Å². The van der Waals surface area contributed by atoms with E-state index in [1.165, 1.54) is 6.42 Å². The first-order chi connectivity index (χ1) is 4.31. The Kier molecular flexibility index (Phi) is 7.75. The molecule has 0 fully saturated rings. The molecule has 0 amide bonds. The normalized spacial score (nSPS) is 13.7. The summed E-state index contributed by atoms with van der Waals surface area (Å²) in [5.41, 5.74) is 0. The van der Waals surface area contributed by atoms with E-state index in [1.54, 1.807) is 0 Å². The zero-order chi connectivity index (χ0) is 7.11. The second kappa shape index (κ2) is 7.03. The Morgan fingerprint density at radius 3 is 2.44 bits per heavy atom. The molecule has 1 nitrogen and oxygen atoms in total. The van der Waals surface area contributed by atoms with Crippen LogP contribution in [-0.4, -0.2) is 21.9 Å². The predicted molar refractivity (Wildman–Crippen MR) is 47.4 cm³/mol. The minimum Gasteiger partial charge on any atom is -0.396 e. The Morgan fingerprint density at radius 2 is 2.00 bits per heavy atom. The van der Waals surface area contributed by atoms with Gasteiger partial charge in [0.05, 0.1) is 0 Å². The molecule has 0 aromatic heterocycles. The second-order valence-electron chi connectivity index (χ2n) is 1.94. The van der Waals surface area contributed by atoms with E-state index < -0.39 is 0 Å². The maximum atomic E-state index is 8.49. The van der Waals surface area contributed by atoms with Crippen LogP contribution in [0.4, 0.5) is 0 Å². The van der Waals surface area contributed by atoms with Crippen LogP contribution >= 0.6 is 31.9 Å². The lowest BCUT2D eigenvalue weighted by Gasteiger charge is -2.04. The van der Waals surface area contributed by atoms with E-state index in [0.29, 0.717) is 4.83 Å². The van der Waals surface area contributed by atoms with Crippen molar-refractivity contribution >= 4 is 31.9 Å². The van der Waals surface area contributed by atoms with Crippen LogP contribution < -0.4 is 0 Å². The van der Waals surface area contributed by atoms with Crippen molar-refractivity contribution in [3.63, 3.8) is 0 Å². The minimum atomic E-state index is 0.290. The first-order valence-corrected chi connectivity index (χ1v) is 5.16. The van der Waals surface area contributed by atoms with Crippen molar-refractivity contribution < 1.29 is 5.11 Å². The van der Waals surface area contributed by atoms with Gasteiger partial charge in [-0.2, -0.15) is 0 Å². The molecule has 0 aliphatic heterocycles. The summed E-state index contributed by atoms with van der Waals surface area (Å²) in [6, 6.07) is 0. The predicted octanol–water partition coefficient (Wildman–Crippen LogP) is 2.31. The van der Waals surface area contributed by atoms with Gasteiger partial charge in [-0.05, 0) is 19.3 Å². The fourth-order valence-corrected chi connectivity index (χ4v) is 1.44. The van der Waals surface area contributed by atoms with E-state index in [-0.39, 0.29) is 6.61 Å². The molecule has 1 atom stereocenters. The van der Waals surface area contributed by atoms with Crippen molar-refractivity contribution in [2.75, 3.05) is 11.9 Å². The first-order valence-electron chi connectivity index (χ1n) is 3.12. The molecule has 0 radical (unpaired) electrons. The maximum absolute atomic E-state index is 8.49. The Morgan fingerprint density at radius 1 is 1.33 bits per heavy atom. The lowest BCUT2D eigenvalue weighted by atomic mass is 10.2. The average Bonchev–Trinajstić information content (AvgIpc) is 1.85. The summed E-state index contributed by atoms with van der Waals surface area (Å²) in [7, 11) is 0. The van der Waals surface area contributed by atoms with Crippen molar-refractivity contribution in [1.82, 2.24) is 0 Å². The summed E-state index contributed by atoms with van der Waals surface area (Å²) in [5.74, 6) is 0. The smallest absolute Gasteiger partial charge is 0.0441 e. The van der Waals surface area contributed by atoms with Crippen molar-refractivity contribution in [1.29, 1.82) is 0 Å². The average molecular weight is 260 g/mol. The molecule has 56 valence electrons. The molecule has 1 unspecified atom stereocenters. The number of aliphatic hydroxyl groups excluding tert-OH is 1. The van der Waals surface area contributed by atoms with Crippen LogP contribution in [-0.2, 0) is 0 Å². The standard InChI is InChI=1S/C6H12Br2O/c7-4-1-2-6(8)3-5-9/h6,9H,1-5H2. The van der Waals surface area contributed by atoms with Crippen LogP contribution in [0.5, 0.6) is 0 Å². The first kappa shape index (κ1) is 9.92. The van der Waals surface area contributed by atoms with Crippen LogP contribution in [0.3, 0.4) is 0 Å². The molecule has 0 rings (SSSR count). The fourth-order valence-electron chi connectivity index (χ4n) is 0.583. The molecule has 0 bridgehead atoms. The van der Waals surface area contributed by atoms with Crippen LogP contribution in [0.1, 0.15) is 19.3 Å². The Hall–Kier alpha value is 0.920. The molecule has 0 aliphatic rings. The summed E-state index contributed by atoms with van der Waals surface area (Å²) in [6.45, 7) is 0.290. The van der Waals surface area contributed by atoms with Crippen LogP contribution in [0.25, 0.3) is 0 Å². The zero-order valence-electron chi connectivity index (χ0n) is 5.32. The highest BCUT2D eigenvalue weighted by Gasteiger charge is 2.00. The third-order valence-corrected chi connectivity index (χ3v) is 2.57. The summed E-state index contributed by atoms with van der Waals surface area (Å²) in [4.78, 5) is 0.500. The summed E-state index contributed by atoms with van der Waals surface area (Å²) in [5, 5.41) is 9.55. The number of hydrogen-bond donors (Lipinski definition) is 1. The van der Waals surface area contributed by atoms with Gasteiger partial charge in [0.15, 0.2) is 0 Å². The number of hydrogen-bond acceptors (Lipinski definition) is 1. The van der Waals surface area contributed by atoms with Crippen molar-refractivity contribution in [3.8, 4) is 0 Å². The van der Waals surface area contributed by atoms with Gasteiger partial charge in [0.1, 0.15) is 0 Å². The Balaban J connectivity index is 2.95. The van der Waals surface area contributed by atoms with Gasteiger partial charge in [-0.25, -0.2) is 0 Å². The third-order valence-electron chi connectivity index (χ3n) is 1.09. The van der Waals surface area contributed by atoms with Gasteiger partial charge in [0, 0.05) is 16.8 Å². The SMILES string of the molecule is OCCC(Br)CCCBr. The second-order valence-corrected chi connectivity index (χ2v) is 4.03. The van der Waals surface area contributed by atoms with E-state index in [0.717, 1.165) is 18.2 Å². The van der Waals surface area contributed by atoms with Crippen molar-refractivity contribution in [2.24, 2.45) is 0 Å². The molecule has 0 aliphatic carbocycles. The lowest BCUT2D eigenvalue weighted by molar-refractivity contribution is 0.286. The quantitative estimate of drug-likeness (QED) is 0.752. The molecule has 1 N–H and O–H groups in total. The molecular formula is C6H12Br2O. The Labute approximate surface area is 73.1 Å². The van der Waals surface area contributed by atoms with E-state index in [9.17, 15) is 0 Å². The molecule has 0 spiro atoms. The van der Waals surface area contributed by atoms with Crippen LogP contribution in [0, 0.1) is 0 Å². The summed E-state index contributed by atoms with van der Waals surface area (Å²) >= 11 is 6.80. The molecule has 0 heterocycles. The van der Waals surface area contributed by atoms with Crippen molar-refractivity contribution in [2.45, 2.75) is 24.1 Å². The largest absolute Gasteiger partial charge is 0.396 e. The van der Waals surface area contributed by atoms with E-state index in [2.05, 4.69) is 31.9 Å². The molecular weight excluding hydrogens is 248 g/mol. The molecule has 0 saturated carbocycles. The monoisotopic (exact) mass is 258 g/mol. The molecule has 0 saturated heterocycles.